The number of halogens is 2. The molecule has 144 valence electrons. The molecule has 2 N–H and O–H groups in total. The van der Waals surface area contributed by atoms with Crippen molar-refractivity contribution in [3.05, 3.63) is 64.1 Å². The van der Waals surface area contributed by atoms with E-state index in [-0.39, 0.29) is 28.7 Å². The van der Waals surface area contributed by atoms with E-state index >= 15 is 0 Å². The third kappa shape index (κ3) is 4.13. The van der Waals surface area contributed by atoms with Gasteiger partial charge < -0.3 is 19.9 Å². The third-order valence-corrected chi connectivity index (χ3v) is 4.47. The number of amides is 1. The summed E-state index contributed by atoms with van der Waals surface area (Å²) in [6.07, 6.45) is 0. The summed E-state index contributed by atoms with van der Waals surface area (Å²) in [6.45, 7) is -0.378. The van der Waals surface area contributed by atoms with Gasteiger partial charge in [0.2, 0.25) is 0 Å². The molecule has 0 aromatic heterocycles. The van der Waals surface area contributed by atoms with Gasteiger partial charge in [-0.05, 0) is 24.3 Å². The molecule has 3 aromatic rings. The van der Waals surface area contributed by atoms with Crippen molar-refractivity contribution in [1.82, 2.24) is 0 Å². The maximum atomic E-state index is 12.7. The smallest absolute Gasteiger partial charge is 0.343 e. The van der Waals surface area contributed by atoms with Crippen LogP contribution in [-0.2, 0) is 4.79 Å². The molecule has 3 rings (SSSR count). The third-order valence-electron chi connectivity index (χ3n) is 3.86. The summed E-state index contributed by atoms with van der Waals surface area (Å²) in [7, 11) is 1.38. The summed E-state index contributed by atoms with van der Waals surface area (Å²) < 4.78 is 16.0. The minimum absolute atomic E-state index is 0.0773. The average molecular weight is 420 g/mol. The number of ether oxygens (including phenoxy) is 3. The van der Waals surface area contributed by atoms with E-state index in [4.69, 9.17) is 43.1 Å². The van der Waals surface area contributed by atoms with Gasteiger partial charge in [0.1, 0.15) is 5.75 Å². The predicted molar refractivity (Wildman–Crippen MR) is 107 cm³/mol. The monoisotopic (exact) mass is 419 g/mol. The SMILES string of the molecule is COc1cc(C(=O)Oc2ccc(Cl)c3ccccc23)cc(Cl)c1OCC(N)=O. The zero-order chi connectivity index (χ0) is 20.3. The lowest BCUT2D eigenvalue weighted by Gasteiger charge is -2.13. The molecule has 28 heavy (non-hydrogen) atoms. The fourth-order valence-electron chi connectivity index (χ4n) is 2.60. The molecular weight excluding hydrogens is 405 g/mol. The Morgan fingerprint density at radius 1 is 0.964 bits per heavy atom. The number of primary amides is 1. The topological polar surface area (TPSA) is 87.8 Å². The van der Waals surface area contributed by atoms with Gasteiger partial charge in [-0.2, -0.15) is 0 Å². The van der Waals surface area contributed by atoms with Crippen LogP contribution in [0, 0.1) is 0 Å². The number of hydrogen-bond acceptors (Lipinski definition) is 5. The van der Waals surface area contributed by atoms with Gasteiger partial charge in [-0.1, -0.05) is 47.5 Å². The van der Waals surface area contributed by atoms with Crippen molar-refractivity contribution in [2.24, 2.45) is 5.73 Å². The van der Waals surface area contributed by atoms with E-state index in [1.54, 1.807) is 18.2 Å². The van der Waals surface area contributed by atoms with Crippen LogP contribution >= 0.6 is 23.2 Å². The Labute approximate surface area is 170 Å². The highest BCUT2D eigenvalue weighted by molar-refractivity contribution is 6.35. The van der Waals surface area contributed by atoms with Crippen molar-refractivity contribution < 1.29 is 23.8 Å². The summed E-state index contributed by atoms with van der Waals surface area (Å²) >= 11 is 12.4. The molecule has 0 radical (unpaired) electrons. The van der Waals surface area contributed by atoms with E-state index in [2.05, 4.69) is 0 Å². The van der Waals surface area contributed by atoms with Gasteiger partial charge in [0.05, 0.1) is 17.7 Å². The Morgan fingerprint density at radius 2 is 1.68 bits per heavy atom. The quantitative estimate of drug-likeness (QED) is 0.476. The molecule has 0 unspecified atom stereocenters. The molecular formula is C20H15Cl2NO5. The summed E-state index contributed by atoms with van der Waals surface area (Å²) in [4.78, 5) is 23.6. The molecule has 0 aliphatic heterocycles. The van der Waals surface area contributed by atoms with Crippen LogP contribution in [0.3, 0.4) is 0 Å². The van der Waals surface area contributed by atoms with Gasteiger partial charge in [-0.15, -0.1) is 0 Å². The summed E-state index contributed by atoms with van der Waals surface area (Å²) in [6, 6.07) is 13.3. The molecule has 0 fully saturated rings. The Kier molecular flexibility index (Phi) is 5.92. The fraction of sp³-hybridized carbons (Fsp3) is 0.100. The molecule has 1 amide bonds. The molecule has 8 heteroatoms. The fourth-order valence-corrected chi connectivity index (χ4v) is 3.10. The van der Waals surface area contributed by atoms with E-state index in [0.29, 0.717) is 16.2 Å². The number of nitrogens with two attached hydrogens (primary N) is 1. The average Bonchev–Trinajstić information content (AvgIpc) is 2.68. The molecule has 0 aliphatic carbocycles. The Balaban J connectivity index is 1.92. The second-order valence-electron chi connectivity index (χ2n) is 5.73. The van der Waals surface area contributed by atoms with E-state index in [9.17, 15) is 9.59 Å². The molecule has 0 saturated heterocycles. The van der Waals surface area contributed by atoms with E-state index in [1.807, 2.05) is 18.2 Å². The number of fused-ring (bicyclic) bond motifs is 1. The number of rotatable bonds is 6. The molecule has 0 bridgehead atoms. The van der Waals surface area contributed by atoms with Crippen LogP contribution < -0.4 is 19.9 Å². The Hall–Kier alpha value is -2.96. The van der Waals surface area contributed by atoms with E-state index < -0.39 is 11.9 Å². The predicted octanol–water partition coefficient (Wildman–Crippen LogP) is 4.24. The van der Waals surface area contributed by atoms with Crippen LogP contribution in [0.4, 0.5) is 0 Å². The van der Waals surface area contributed by atoms with Gasteiger partial charge >= 0.3 is 5.97 Å². The van der Waals surface area contributed by atoms with Crippen molar-refractivity contribution in [3.63, 3.8) is 0 Å². The highest BCUT2D eigenvalue weighted by Crippen LogP contribution is 2.37. The van der Waals surface area contributed by atoms with Crippen LogP contribution in [0.5, 0.6) is 17.2 Å². The lowest BCUT2D eigenvalue weighted by atomic mass is 10.1. The normalized spacial score (nSPS) is 10.5. The number of benzene rings is 3. The van der Waals surface area contributed by atoms with Crippen LogP contribution in [0.25, 0.3) is 10.8 Å². The zero-order valence-electron chi connectivity index (χ0n) is 14.7. The first-order chi connectivity index (χ1) is 13.4. The van der Waals surface area contributed by atoms with Crippen molar-refractivity contribution in [3.8, 4) is 17.2 Å². The first kappa shape index (κ1) is 19.8. The van der Waals surface area contributed by atoms with Crippen LogP contribution in [0.1, 0.15) is 10.4 Å². The number of carbonyl (C=O) groups excluding carboxylic acids is 2. The van der Waals surface area contributed by atoms with Crippen molar-refractivity contribution >= 4 is 45.9 Å². The highest BCUT2D eigenvalue weighted by atomic mass is 35.5. The van der Waals surface area contributed by atoms with Gasteiger partial charge in [0.15, 0.2) is 18.1 Å². The molecule has 3 aromatic carbocycles. The Morgan fingerprint density at radius 3 is 2.36 bits per heavy atom. The summed E-state index contributed by atoms with van der Waals surface area (Å²) in [5.41, 5.74) is 5.22. The van der Waals surface area contributed by atoms with Crippen molar-refractivity contribution in [1.29, 1.82) is 0 Å². The second-order valence-corrected chi connectivity index (χ2v) is 6.54. The molecule has 0 saturated carbocycles. The van der Waals surface area contributed by atoms with E-state index in [1.165, 1.54) is 19.2 Å². The zero-order valence-corrected chi connectivity index (χ0v) is 16.2. The highest BCUT2D eigenvalue weighted by Gasteiger charge is 2.19. The second kappa shape index (κ2) is 8.37. The van der Waals surface area contributed by atoms with Gasteiger partial charge in [-0.3, -0.25) is 4.79 Å². The maximum Gasteiger partial charge on any atom is 0.343 e. The van der Waals surface area contributed by atoms with Gasteiger partial charge in [0, 0.05) is 15.8 Å². The number of hydrogen-bond donors (Lipinski definition) is 1. The molecule has 0 spiro atoms. The number of carbonyl (C=O) groups is 2. The first-order valence-corrected chi connectivity index (χ1v) is 8.84. The molecule has 0 aliphatic rings. The lowest BCUT2D eigenvalue weighted by molar-refractivity contribution is -0.119. The summed E-state index contributed by atoms with van der Waals surface area (Å²) in [5, 5.41) is 2.09. The van der Waals surface area contributed by atoms with Gasteiger partial charge in [0.25, 0.3) is 5.91 Å². The van der Waals surface area contributed by atoms with Crippen molar-refractivity contribution in [2.75, 3.05) is 13.7 Å². The minimum atomic E-state index is -0.670. The molecule has 6 nitrogen and oxygen atoms in total. The minimum Gasteiger partial charge on any atom is -0.493 e. The first-order valence-electron chi connectivity index (χ1n) is 8.08. The van der Waals surface area contributed by atoms with Crippen LogP contribution in [0.15, 0.2) is 48.5 Å². The van der Waals surface area contributed by atoms with Crippen LogP contribution in [0.2, 0.25) is 10.0 Å². The molecule has 0 heterocycles. The number of methoxy groups -OCH3 is 1. The van der Waals surface area contributed by atoms with Crippen molar-refractivity contribution in [2.45, 2.75) is 0 Å². The maximum absolute atomic E-state index is 12.7. The van der Waals surface area contributed by atoms with E-state index in [0.717, 1.165) is 5.39 Å². The summed E-state index contributed by atoms with van der Waals surface area (Å²) in [5.74, 6) is -0.683. The molecule has 0 atom stereocenters. The van der Waals surface area contributed by atoms with Gasteiger partial charge in [-0.25, -0.2) is 4.79 Å². The van der Waals surface area contributed by atoms with Crippen LogP contribution in [-0.4, -0.2) is 25.6 Å². The lowest BCUT2D eigenvalue weighted by Crippen LogP contribution is -2.20. The largest absolute Gasteiger partial charge is 0.493 e. The Bertz CT molecular complexity index is 1070. The standard InChI is InChI=1S/C20H15Cl2NO5/c1-26-17-9-11(8-15(22)19(17)27-10-18(23)24)20(25)28-16-7-6-14(21)12-4-2-3-5-13(12)16/h2-9H,10H2,1H3,(H2,23,24). The number of esters is 1.